The van der Waals surface area contributed by atoms with Crippen LogP contribution in [0.5, 0.6) is 0 Å². The van der Waals surface area contributed by atoms with E-state index < -0.39 is 0 Å². The molecular weight excluding hydrogens is 262 g/mol. The molecule has 1 heterocycles. The largest absolute Gasteiger partial charge is 0.398 e. The zero-order chi connectivity index (χ0) is 14.8. The van der Waals surface area contributed by atoms with Gasteiger partial charge in [0.1, 0.15) is 0 Å². The second-order valence-corrected chi connectivity index (χ2v) is 4.88. The van der Waals surface area contributed by atoms with Crippen molar-refractivity contribution in [2.45, 2.75) is 6.92 Å². The van der Waals surface area contributed by atoms with Crippen molar-refractivity contribution in [1.82, 2.24) is 4.98 Å². The highest BCUT2D eigenvalue weighted by Gasteiger charge is 2.14. The lowest BCUT2D eigenvalue weighted by atomic mass is 9.99. The topological polar surface area (TPSA) is 68.0 Å². The van der Waals surface area contributed by atoms with Crippen LogP contribution in [0.1, 0.15) is 15.9 Å². The first-order valence-corrected chi connectivity index (χ1v) is 6.66. The van der Waals surface area contributed by atoms with Crippen molar-refractivity contribution in [3.63, 3.8) is 0 Å². The van der Waals surface area contributed by atoms with Gasteiger partial charge in [-0.2, -0.15) is 0 Å². The molecule has 0 unspecified atom stereocenters. The van der Waals surface area contributed by atoms with Gasteiger partial charge >= 0.3 is 0 Å². The van der Waals surface area contributed by atoms with Crippen LogP contribution in [0.2, 0.25) is 0 Å². The molecule has 0 atom stereocenters. The van der Waals surface area contributed by atoms with E-state index in [1.807, 2.05) is 37.3 Å². The molecule has 0 bridgehead atoms. The number of pyridine rings is 1. The van der Waals surface area contributed by atoms with Crippen molar-refractivity contribution in [3.05, 3.63) is 66.0 Å². The monoisotopic (exact) mass is 277 g/mol. The minimum absolute atomic E-state index is 0.182. The zero-order valence-electron chi connectivity index (χ0n) is 11.6. The van der Waals surface area contributed by atoms with E-state index in [4.69, 9.17) is 5.73 Å². The molecule has 0 saturated heterocycles. The molecule has 0 fully saturated rings. The summed E-state index contributed by atoms with van der Waals surface area (Å²) >= 11 is 0. The van der Waals surface area contributed by atoms with Crippen LogP contribution in [-0.2, 0) is 0 Å². The molecule has 0 aliphatic heterocycles. The fourth-order valence-corrected chi connectivity index (χ4v) is 2.35. The Hall–Kier alpha value is -2.88. The fraction of sp³-hybridized carbons (Fsp3) is 0.0588. The summed E-state index contributed by atoms with van der Waals surface area (Å²) in [4.78, 5) is 16.4. The van der Waals surface area contributed by atoms with E-state index in [0.717, 1.165) is 16.3 Å². The molecule has 21 heavy (non-hydrogen) atoms. The van der Waals surface area contributed by atoms with Gasteiger partial charge in [-0.15, -0.1) is 0 Å². The Morgan fingerprint density at radius 2 is 2.00 bits per heavy atom. The van der Waals surface area contributed by atoms with E-state index in [0.29, 0.717) is 16.9 Å². The molecule has 4 nitrogen and oxygen atoms in total. The van der Waals surface area contributed by atoms with E-state index >= 15 is 0 Å². The van der Waals surface area contributed by atoms with Gasteiger partial charge in [-0.25, -0.2) is 0 Å². The third kappa shape index (κ3) is 2.43. The average Bonchev–Trinajstić information content (AvgIpc) is 2.52. The smallest absolute Gasteiger partial charge is 0.256 e. The molecule has 0 aliphatic carbocycles. The molecule has 0 aliphatic rings. The van der Waals surface area contributed by atoms with Gasteiger partial charge in [0, 0.05) is 22.8 Å². The number of carbonyl (C=O) groups is 1. The third-order valence-electron chi connectivity index (χ3n) is 3.52. The minimum Gasteiger partial charge on any atom is -0.398 e. The van der Waals surface area contributed by atoms with Crippen LogP contribution in [0, 0.1) is 6.92 Å². The maximum absolute atomic E-state index is 12.4. The van der Waals surface area contributed by atoms with Gasteiger partial charge < -0.3 is 11.1 Å². The number of nitrogen functional groups attached to an aromatic ring is 1. The van der Waals surface area contributed by atoms with Crippen LogP contribution in [0.25, 0.3) is 10.8 Å². The van der Waals surface area contributed by atoms with Gasteiger partial charge in [-0.1, -0.05) is 24.3 Å². The number of aromatic nitrogens is 1. The second kappa shape index (κ2) is 5.25. The van der Waals surface area contributed by atoms with Crippen molar-refractivity contribution in [2.24, 2.45) is 0 Å². The Morgan fingerprint density at radius 1 is 1.19 bits per heavy atom. The molecule has 0 radical (unpaired) electrons. The Labute approximate surface area is 122 Å². The Morgan fingerprint density at radius 3 is 2.76 bits per heavy atom. The summed E-state index contributed by atoms with van der Waals surface area (Å²) in [6.45, 7) is 1.86. The Kier molecular flexibility index (Phi) is 3.28. The lowest BCUT2D eigenvalue weighted by molar-refractivity contribution is 0.102. The van der Waals surface area contributed by atoms with Crippen LogP contribution < -0.4 is 11.1 Å². The van der Waals surface area contributed by atoms with Gasteiger partial charge in [0.2, 0.25) is 0 Å². The molecule has 3 aromatic rings. The first-order chi connectivity index (χ1) is 10.2. The summed E-state index contributed by atoms with van der Waals surface area (Å²) in [6.07, 6.45) is 3.27. The molecule has 4 heteroatoms. The molecule has 104 valence electrons. The highest BCUT2D eigenvalue weighted by atomic mass is 16.1. The number of hydrogen-bond acceptors (Lipinski definition) is 3. The van der Waals surface area contributed by atoms with Gasteiger partial charge in [0.25, 0.3) is 5.91 Å². The zero-order valence-corrected chi connectivity index (χ0v) is 11.6. The normalized spacial score (nSPS) is 10.5. The molecule has 3 N–H and O–H groups in total. The van der Waals surface area contributed by atoms with Crippen molar-refractivity contribution >= 4 is 28.1 Å². The van der Waals surface area contributed by atoms with E-state index in [2.05, 4.69) is 10.3 Å². The van der Waals surface area contributed by atoms with Gasteiger partial charge in [-0.3, -0.25) is 9.78 Å². The molecule has 3 rings (SSSR count). The van der Waals surface area contributed by atoms with Crippen LogP contribution in [0.15, 0.2) is 54.9 Å². The average molecular weight is 277 g/mol. The quantitative estimate of drug-likeness (QED) is 0.706. The molecule has 1 aromatic heterocycles. The number of fused-ring (bicyclic) bond motifs is 1. The first kappa shape index (κ1) is 13.1. The number of hydrogen-bond donors (Lipinski definition) is 2. The van der Waals surface area contributed by atoms with Crippen LogP contribution in [0.3, 0.4) is 0 Å². The summed E-state index contributed by atoms with van der Waals surface area (Å²) in [5.41, 5.74) is 8.83. The maximum Gasteiger partial charge on any atom is 0.256 e. The maximum atomic E-state index is 12.4. The number of rotatable bonds is 2. The number of benzene rings is 2. The van der Waals surface area contributed by atoms with Crippen molar-refractivity contribution in [2.75, 3.05) is 11.1 Å². The summed E-state index contributed by atoms with van der Waals surface area (Å²) in [7, 11) is 0. The van der Waals surface area contributed by atoms with Crippen molar-refractivity contribution in [3.8, 4) is 0 Å². The third-order valence-corrected chi connectivity index (χ3v) is 3.52. The first-order valence-electron chi connectivity index (χ1n) is 6.66. The highest BCUT2D eigenvalue weighted by molar-refractivity contribution is 6.10. The summed E-state index contributed by atoms with van der Waals surface area (Å²) in [6, 6.07) is 13.2. The van der Waals surface area contributed by atoms with E-state index in [9.17, 15) is 4.79 Å². The van der Waals surface area contributed by atoms with E-state index in [-0.39, 0.29) is 5.91 Å². The molecule has 0 spiro atoms. The lowest BCUT2D eigenvalue weighted by Gasteiger charge is -2.12. The minimum atomic E-state index is -0.182. The summed E-state index contributed by atoms with van der Waals surface area (Å²) in [5, 5.41) is 4.76. The number of carbonyl (C=O) groups excluding carboxylic acids is 1. The van der Waals surface area contributed by atoms with Crippen LogP contribution >= 0.6 is 0 Å². The standard InChI is InChI=1S/C17H15N3O/c1-11-15(17(21)20-13-6-4-8-19-10-13)9-12-5-2-3-7-14(12)16(11)18/h2-10H,18H2,1H3,(H,20,21). The Bertz CT molecular complexity index is 813. The molecule has 1 amide bonds. The highest BCUT2D eigenvalue weighted by Crippen LogP contribution is 2.28. The predicted octanol–water partition coefficient (Wildman–Crippen LogP) is 3.38. The second-order valence-electron chi connectivity index (χ2n) is 4.88. The van der Waals surface area contributed by atoms with Crippen molar-refractivity contribution in [1.29, 1.82) is 0 Å². The lowest BCUT2D eigenvalue weighted by Crippen LogP contribution is -2.14. The fourth-order valence-electron chi connectivity index (χ4n) is 2.35. The van der Waals surface area contributed by atoms with E-state index in [1.54, 1.807) is 24.5 Å². The van der Waals surface area contributed by atoms with Crippen LogP contribution in [-0.4, -0.2) is 10.9 Å². The number of amides is 1. The Balaban J connectivity index is 2.04. The predicted molar refractivity (Wildman–Crippen MR) is 85.3 cm³/mol. The van der Waals surface area contributed by atoms with Gasteiger partial charge in [-0.05, 0) is 36.1 Å². The summed E-state index contributed by atoms with van der Waals surface area (Å²) < 4.78 is 0. The van der Waals surface area contributed by atoms with Gasteiger partial charge in [0.15, 0.2) is 0 Å². The molecular formula is C17H15N3O. The number of nitrogens with two attached hydrogens (primary N) is 1. The van der Waals surface area contributed by atoms with Gasteiger partial charge in [0.05, 0.1) is 11.9 Å². The van der Waals surface area contributed by atoms with Crippen molar-refractivity contribution < 1.29 is 4.79 Å². The SMILES string of the molecule is Cc1c(C(=O)Nc2cccnc2)cc2ccccc2c1N. The number of anilines is 2. The number of nitrogens with zero attached hydrogens (tertiary/aromatic N) is 1. The van der Waals surface area contributed by atoms with E-state index in [1.165, 1.54) is 0 Å². The number of nitrogens with one attached hydrogen (secondary N) is 1. The molecule has 0 saturated carbocycles. The summed E-state index contributed by atoms with van der Waals surface area (Å²) in [5.74, 6) is -0.182. The van der Waals surface area contributed by atoms with Crippen LogP contribution in [0.4, 0.5) is 11.4 Å². The molecule has 2 aromatic carbocycles.